The lowest BCUT2D eigenvalue weighted by molar-refractivity contribution is 0.178. The molecule has 134 valence electrons. The van der Waals surface area contributed by atoms with Gasteiger partial charge in [-0.2, -0.15) is 0 Å². The van der Waals surface area contributed by atoms with Crippen LogP contribution in [0.2, 0.25) is 0 Å². The van der Waals surface area contributed by atoms with Crippen LogP contribution in [-0.2, 0) is 13.0 Å². The Labute approximate surface area is 148 Å². The first-order valence-electron chi connectivity index (χ1n) is 9.15. The van der Waals surface area contributed by atoms with Crippen LogP contribution in [0.4, 0.5) is 5.82 Å². The molecule has 0 saturated carbocycles. The molecule has 0 aromatic carbocycles. The first-order chi connectivity index (χ1) is 11.7. The fraction of sp³-hybridized carbons (Fsp3) is 0.765. The molecule has 2 aliphatic heterocycles. The highest BCUT2D eigenvalue weighted by molar-refractivity contribution is 7.99. The van der Waals surface area contributed by atoms with Crippen molar-refractivity contribution in [3.8, 4) is 0 Å². The monoisotopic (exact) mass is 351 g/mol. The Bertz CT molecular complexity index is 610. The van der Waals surface area contributed by atoms with E-state index in [0.717, 1.165) is 87.1 Å². The standard InChI is InChI=1S/C17H29N5OS/c1-3-4-5-7-14-15(19-21-11-9-20(2)10-12-21)18-17-22(16(14)23)8-6-13-24-17/h19H,3-13H2,1-2H3. The Balaban J connectivity index is 1.84. The van der Waals surface area contributed by atoms with Gasteiger partial charge >= 0.3 is 0 Å². The highest BCUT2D eigenvalue weighted by Crippen LogP contribution is 2.24. The lowest BCUT2D eigenvalue weighted by Gasteiger charge is -2.33. The van der Waals surface area contributed by atoms with Gasteiger partial charge in [-0.05, 0) is 26.3 Å². The van der Waals surface area contributed by atoms with Crippen molar-refractivity contribution < 1.29 is 0 Å². The molecule has 0 radical (unpaired) electrons. The average molecular weight is 352 g/mol. The Hall–Kier alpha value is -1.05. The van der Waals surface area contributed by atoms with Gasteiger partial charge < -0.3 is 10.3 Å². The smallest absolute Gasteiger partial charge is 0.259 e. The molecule has 3 heterocycles. The fourth-order valence-electron chi connectivity index (χ4n) is 3.21. The molecule has 1 N–H and O–H groups in total. The molecule has 0 aliphatic carbocycles. The second-order valence-corrected chi connectivity index (χ2v) is 7.80. The van der Waals surface area contributed by atoms with E-state index in [4.69, 9.17) is 4.98 Å². The van der Waals surface area contributed by atoms with Crippen molar-refractivity contribution in [2.45, 2.75) is 50.7 Å². The van der Waals surface area contributed by atoms with E-state index in [1.807, 2.05) is 4.57 Å². The minimum absolute atomic E-state index is 0.167. The molecule has 0 bridgehead atoms. The SMILES string of the molecule is CCCCCc1c(NN2CCN(C)CC2)nc2n(c1=O)CCCS2. The zero-order valence-corrected chi connectivity index (χ0v) is 15.7. The van der Waals surface area contributed by atoms with Crippen LogP contribution in [0.5, 0.6) is 0 Å². The van der Waals surface area contributed by atoms with Gasteiger partial charge in [0, 0.05) is 38.5 Å². The first kappa shape index (κ1) is 17.8. The number of anilines is 1. The zero-order valence-electron chi connectivity index (χ0n) is 14.9. The van der Waals surface area contributed by atoms with Gasteiger partial charge in [0.2, 0.25) is 0 Å². The van der Waals surface area contributed by atoms with Gasteiger partial charge in [0.1, 0.15) is 0 Å². The van der Waals surface area contributed by atoms with Crippen LogP contribution >= 0.6 is 11.8 Å². The van der Waals surface area contributed by atoms with Crippen LogP contribution in [0, 0.1) is 0 Å². The van der Waals surface area contributed by atoms with E-state index < -0.39 is 0 Å². The summed E-state index contributed by atoms with van der Waals surface area (Å²) in [5.41, 5.74) is 4.49. The molecule has 1 aromatic rings. The van der Waals surface area contributed by atoms with Crippen LogP contribution in [0.3, 0.4) is 0 Å². The van der Waals surface area contributed by atoms with E-state index >= 15 is 0 Å². The van der Waals surface area contributed by atoms with E-state index in [1.165, 1.54) is 0 Å². The number of likely N-dealkylation sites (N-methyl/N-ethyl adjacent to an activating group) is 1. The molecule has 1 aromatic heterocycles. The molecule has 0 atom stereocenters. The van der Waals surface area contributed by atoms with Crippen molar-refractivity contribution in [3.05, 3.63) is 15.9 Å². The maximum Gasteiger partial charge on any atom is 0.259 e. The number of rotatable bonds is 6. The van der Waals surface area contributed by atoms with E-state index in [9.17, 15) is 4.79 Å². The maximum absolute atomic E-state index is 13.0. The molecule has 0 unspecified atom stereocenters. The summed E-state index contributed by atoms with van der Waals surface area (Å²) in [6.45, 7) is 6.99. The van der Waals surface area contributed by atoms with Gasteiger partial charge in [-0.25, -0.2) is 9.99 Å². The number of thioether (sulfide) groups is 1. The van der Waals surface area contributed by atoms with Gasteiger partial charge in [-0.3, -0.25) is 9.36 Å². The topological polar surface area (TPSA) is 53.4 Å². The lowest BCUT2D eigenvalue weighted by atomic mass is 10.1. The number of aromatic nitrogens is 2. The van der Waals surface area contributed by atoms with Crippen molar-refractivity contribution in [1.82, 2.24) is 19.5 Å². The minimum atomic E-state index is 0.167. The largest absolute Gasteiger partial charge is 0.304 e. The highest BCUT2D eigenvalue weighted by Gasteiger charge is 2.21. The Kier molecular flexibility index (Phi) is 6.19. The van der Waals surface area contributed by atoms with Crippen LogP contribution < -0.4 is 11.0 Å². The summed E-state index contributed by atoms with van der Waals surface area (Å²) in [6.07, 6.45) is 5.25. The van der Waals surface area contributed by atoms with Crippen molar-refractivity contribution in [2.24, 2.45) is 0 Å². The second kappa shape index (κ2) is 8.36. The molecule has 2 aliphatic rings. The van der Waals surface area contributed by atoms with Crippen molar-refractivity contribution in [3.63, 3.8) is 0 Å². The maximum atomic E-state index is 13.0. The fourth-order valence-corrected chi connectivity index (χ4v) is 4.15. The number of fused-ring (bicyclic) bond motifs is 1. The van der Waals surface area contributed by atoms with E-state index in [2.05, 4.69) is 29.3 Å². The molecular weight excluding hydrogens is 322 g/mol. The van der Waals surface area contributed by atoms with Crippen LogP contribution in [0.25, 0.3) is 0 Å². The molecular formula is C17H29N5OS. The van der Waals surface area contributed by atoms with Gasteiger partial charge in [0.05, 0.1) is 5.56 Å². The van der Waals surface area contributed by atoms with E-state index in [-0.39, 0.29) is 5.56 Å². The van der Waals surface area contributed by atoms with Crippen molar-refractivity contribution in [2.75, 3.05) is 44.4 Å². The van der Waals surface area contributed by atoms with E-state index in [0.29, 0.717) is 0 Å². The second-order valence-electron chi connectivity index (χ2n) is 6.74. The molecule has 6 nitrogen and oxygen atoms in total. The average Bonchev–Trinajstić information content (AvgIpc) is 2.60. The minimum Gasteiger partial charge on any atom is -0.304 e. The van der Waals surface area contributed by atoms with E-state index in [1.54, 1.807) is 11.8 Å². The molecule has 24 heavy (non-hydrogen) atoms. The molecule has 0 spiro atoms. The Morgan fingerprint density at radius 1 is 1.17 bits per heavy atom. The summed E-state index contributed by atoms with van der Waals surface area (Å²) < 4.78 is 1.88. The third-order valence-corrected chi connectivity index (χ3v) is 5.85. The summed E-state index contributed by atoms with van der Waals surface area (Å²) in [5.74, 6) is 1.84. The van der Waals surface area contributed by atoms with Gasteiger partial charge in [-0.15, -0.1) is 0 Å². The van der Waals surface area contributed by atoms with Crippen LogP contribution in [0.1, 0.15) is 38.2 Å². The first-order valence-corrected chi connectivity index (χ1v) is 10.1. The molecule has 3 rings (SSSR count). The molecule has 7 heteroatoms. The van der Waals surface area contributed by atoms with Crippen molar-refractivity contribution in [1.29, 1.82) is 0 Å². The molecule has 1 fully saturated rings. The third kappa shape index (κ3) is 4.13. The van der Waals surface area contributed by atoms with Crippen molar-refractivity contribution >= 4 is 17.6 Å². The number of nitrogens with zero attached hydrogens (tertiary/aromatic N) is 4. The quantitative estimate of drug-likeness (QED) is 0.625. The molecule has 0 amide bonds. The summed E-state index contributed by atoms with van der Waals surface area (Å²) >= 11 is 1.70. The summed E-state index contributed by atoms with van der Waals surface area (Å²) in [7, 11) is 2.15. The number of hydrazine groups is 1. The summed E-state index contributed by atoms with van der Waals surface area (Å²) in [5, 5.41) is 3.08. The van der Waals surface area contributed by atoms with Gasteiger partial charge in [0.25, 0.3) is 5.56 Å². The number of piperazine rings is 1. The Morgan fingerprint density at radius 2 is 1.96 bits per heavy atom. The predicted octanol–water partition coefficient (Wildman–Crippen LogP) is 2.05. The summed E-state index contributed by atoms with van der Waals surface area (Å²) in [6, 6.07) is 0. The van der Waals surface area contributed by atoms with Crippen LogP contribution in [-0.4, -0.2) is 58.4 Å². The number of nitrogens with one attached hydrogen (secondary N) is 1. The zero-order chi connectivity index (χ0) is 16.9. The predicted molar refractivity (Wildman–Crippen MR) is 99.8 cm³/mol. The number of hydrogen-bond donors (Lipinski definition) is 1. The summed E-state index contributed by atoms with van der Waals surface area (Å²) in [4.78, 5) is 20.1. The highest BCUT2D eigenvalue weighted by atomic mass is 32.2. The lowest BCUT2D eigenvalue weighted by Crippen LogP contribution is -2.47. The number of unbranched alkanes of at least 4 members (excludes halogenated alkanes) is 2. The molecule has 1 saturated heterocycles. The van der Waals surface area contributed by atoms with Gasteiger partial charge in [-0.1, -0.05) is 31.5 Å². The van der Waals surface area contributed by atoms with Crippen LogP contribution in [0.15, 0.2) is 9.95 Å². The Morgan fingerprint density at radius 3 is 2.71 bits per heavy atom. The third-order valence-electron chi connectivity index (χ3n) is 4.78. The number of hydrogen-bond acceptors (Lipinski definition) is 6. The van der Waals surface area contributed by atoms with Gasteiger partial charge in [0.15, 0.2) is 11.0 Å². The normalized spacial score (nSPS) is 19.2.